The maximum absolute atomic E-state index is 12.9. The van der Waals surface area contributed by atoms with E-state index in [9.17, 15) is 4.79 Å². The first-order chi connectivity index (χ1) is 14.4. The zero-order valence-corrected chi connectivity index (χ0v) is 18.7. The van der Waals surface area contributed by atoms with Gasteiger partial charge in [-0.15, -0.1) is 0 Å². The molecule has 1 saturated heterocycles. The summed E-state index contributed by atoms with van der Waals surface area (Å²) in [5.41, 5.74) is 4.84. The van der Waals surface area contributed by atoms with E-state index in [-0.39, 0.29) is 18.1 Å². The van der Waals surface area contributed by atoms with Crippen LogP contribution in [-0.4, -0.2) is 44.0 Å². The van der Waals surface area contributed by atoms with Crippen molar-refractivity contribution >= 4 is 11.5 Å². The number of nitrogens with zero attached hydrogens (tertiary/aromatic N) is 4. The Bertz CT molecular complexity index is 1060. The van der Waals surface area contributed by atoms with Gasteiger partial charge >= 0.3 is 5.97 Å². The molecule has 6 heteroatoms. The van der Waals surface area contributed by atoms with Crippen molar-refractivity contribution in [1.82, 2.24) is 18.9 Å². The Hall–Kier alpha value is -2.60. The number of fused-ring (bicyclic) bond motifs is 1. The monoisotopic (exact) mass is 408 g/mol. The Kier molecular flexibility index (Phi) is 5.69. The van der Waals surface area contributed by atoms with Gasteiger partial charge in [0.05, 0.1) is 11.7 Å². The van der Waals surface area contributed by atoms with Crippen molar-refractivity contribution in [1.29, 1.82) is 0 Å². The Balaban J connectivity index is 1.88. The van der Waals surface area contributed by atoms with Gasteiger partial charge < -0.3 is 13.7 Å². The van der Waals surface area contributed by atoms with Crippen molar-refractivity contribution in [3.63, 3.8) is 0 Å². The molecule has 3 aromatic rings. The number of carbonyl (C=O) groups excluding carboxylic acids is 1. The fourth-order valence-electron chi connectivity index (χ4n) is 4.62. The predicted octanol–water partition coefficient (Wildman–Crippen LogP) is 4.76. The Morgan fingerprint density at radius 3 is 2.50 bits per heavy atom. The lowest BCUT2D eigenvalue weighted by Gasteiger charge is -2.34. The highest BCUT2D eigenvalue weighted by Gasteiger charge is 2.26. The number of imidazole rings is 1. The Morgan fingerprint density at radius 1 is 1.13 bits per heavy atom. The lowest BCUT2D eigenvalue weighted by molar-refractivity contribution is 0.0376. The van der Waals surface area contributed by atoms with E-state index in [1.807, 2.05) is 50.8 Å². The largest absolute Gasteiger partial charge is 0.459 e. The third-order valence-electron chi connectivity index (χ3n) is 6.17. The SMILES string of the molecule is Cc1c(C(=O)OC(C)C)cc2cc(-c3nccn3C)cn2c1C(C)N1CCCCC1. The van der Waals surface area contributed by atoms with E-state index < -0.39 is 0 Å². The minimum Gasteiger partial charge on any atom is -0.459 e. The molecule has 1 aliphatic heterocycles. The van der Waals surface area contributed by atoms with Crippen LogP contribution in [0.4, 0.5) is 0 Å². The summed E-state index contributed by atoms with van der Waals surface area (Å²) in [6.45, 7) is 10.3. The summed E-state index contributed by atoms with van der Waals surface area (Å²) in [4.78, 5) is 19.9. The van der Waals surface area contributed by atoms with Crippen LogP contribution in [0.2, 0.25) is 0 Å². The molecular formula is C24H32N4O2. The summed E-state index contributed by atoms with van der Waals surface area (Å²) in [7, 11) is 2.00. The lowest BCUT2D eigenvalue weighted by atomic mass is 9.99. The van der Waals surface area contributed by atoms with Gasteiger partial charge in [0.1, 0.15) is 5.82 Å². The normalized spacial score (nSPS) is 16.3. The topological polar surface area (TPSA) is 51.8 Å². The molecule has 0 aliphatic carbocycles. The van der Waals surface area contributed by atoms with Gasteiger partial charge in [0.2, 0.25) is 0 Å². The van der Waals surface area contributed by atoms with Crippen LogP contribution in [0.5, 0.6) is 0 Å². The van der Waals surface area contributed by atoms with Crippen LogP contribution in [0, 0.1) is 6.92 Å². The van der Waals surface area contributed by atoms with E-state index in [1.165, 1.54) is 19.3 Å². The van der Waals surface area contributed by atoms with Gasteiger partial charge in [-0.2, -0.15) is 0 Å². The quantitative estimate of drug-likeness (QED) is 0.571. The number of pyridine rings is 1. The van der Waals surface area contributed by atoms with Gasteiger partial charge in [-0.25, -0.2) is 9.78 Å². The molecule has 1 unspecified atom stereocenters. The minimum atomic E-state index is -0.253. The molecule has 0 bridgehead atoms. The number of hydrogen-bond acceptors (Lipinski definition) is 4. The molecule has 160 valence electrons. The molecule has 0 amide bonds. The molecule has 1 aliphatic rings. The molecule has 0 N–H and O–H groups in total. The van der Waals surface area contributed by atoms with Gasteiger partial charge in [-0.1, -0.05) is 6.42 Å². The first kappa shape index (κ1) is 20.7. The van der Waals surface area contributed by atoms with Gasteiger partial charge in [0, 0.05) is 48.5 Å². The van der Waals surface area contributed by atoms with Crippen molar-refractivity contribution in [3.05, 3.63) is 47.5 Å². The van der Waals surface area contributed by atoms with Crippen LogP contribution in [-0.2, 0) is 11.8 Å². The second-order valence-electron chi connectivity index (χ2n) is 8.68. The van der Waals surface area contributed by atoms with Crippen molar-refractivity contribution in [3.8, 4) is 11.4 Å². The number of ether oxygens (including phenoxy) is 1. The van der Waals surface area contributed by atoms with Crippen LogP contribution in [0.15, 0.2) is 30.7 Å². The molecule has 0 saturated carbocycles. The molecule has 4 rings (SSSR count). The Labute approximate surface area is 178 Å². The lowest BCUT2D eigenvalue weighted by Crippen LogP contribution is -2.33. The summed E-state index contributed by atoms with van der Waals surface area (Å²) >= 11 is 0. The molecular weight excluding hydrogens is 376 g/mol. The second kappa shape index (κ2) is 8.26. The number of aromatic nitrogens is 3. The van der Waals surface area contributed by atoms with Gasteiger partial charge in [-0.05, 0) is 71.3 Å². The molecule has 1 fully saturated rings. The molecule has 30 heavy (non-hydrogen) atoms. The smallest absolute Gasteiger partial charge is 0.338 e. The number of carbonyl (C=O) groups is 1. The van der Waals surface area contributed by atoms with Crippen molar-refractivity contribution < 1.29 is 9.53 Å². The first-order valence-corrected chi connectivity index (χ1v) is 10.9. The highest BCUT2D eigenvalue weighted by Crippen LogP contribution is 2.32. The van der Waals surface area contributed by atoms with E-state index >= 15 is 0 Å². The summed E-state index contributed by atoms with van der Waals surface area (Å²) in [6, 6.07) is 4.28. The summed E-state index contributed by atoms with van der Waals surface area (Å²) in [5.74, 6) is 0.663. The summed E-state index contributed by atoms with van der Waals surface area (Å²) < 4.78 is 9.82. The highest BCUT2D eigenvalue weighted by molar-refractivity contribution is 5.93. The zero-order valence-electron chi connectivity index (χ0n) is 18.7. The fraction of sp³-hybridized carbons (Fsp3) is 0.500. The zero-order chi connectivity index (χ0) is 21.4. The molecule has 0 spiro atoms. The third kappa shape index (κ3) is 3.76. The number of hydrogen-bond donors (Lipinski definition) is 0. The van der Waals surface area contributed by atoms with E-state index in [4.69, 9.17) is 4.74 Å². The maximum Gasteiger partial charge on any atom is 0.338 e. The minimum absolute atomic E-state index is 0.147. The summed E-state index contributed by atoms with van der Waals surface area (Å²) in [6.07, 6.45) is 9.52. The molecule has 1 atom stereocenters. The third-order valence-corrected chi connectivity index (χ3v) is 6.17. The molecule has 3 aromatic heterocycles. The average molecular weight is 409 g/mol. The van der Waals surface area contributed by atoms with Crippen LogP contribution in [0.1, 0.15) is 67.7 Å². The fourth-order valence-corrected chi connectivity index (χ4v) is 4.62. The number of aryl methyl sites for hydroxylation is 1. The summed E-state index contributed by atoms with van der Waals surface area (Å²) in [5, 5.41) is 0. The van der Waals surface area contributed by atoms with Crippen LogP contribution < -0.4 is 0 Å². The predicted molar refractivity (Wildman–Crippen MR) is 119 cm³/mol. The van der Waals surface area contributed by atoms with E-state index in [0.717, 1.165) is 41.3 Å². The molecule has 0 radical (unpaired) electrons. The number of piperidine rings is 1. The number of esters is 1. The second-order valence-corrected chi connectivity index (χ2v) is 8.68. The van der Waals surface area contributed by atoms with Crippen LogP contribution >= 0.6 is 0 Å². The maximum atomic E-state index is 12.9. The van der Waals surface area contributed by atoms with Gasteiger partial charge in [0.15, 0.2) is 0 Å². The average Bonchev–Trinajstić information content (AvgIpc) is 3.32. The molecule has 4 heterocycles. The van der Waals surface area contributed by atoms with Gasteiger partial charge in [0.25, 0.3) is 0 Å². The first-order valence-electron chi connectivity index (χ1n) is 10.9. The standard InChI is InChI=1S/C24H32N4O2/c1-16(2)30-24(29)21-14-20-13-19(23-25-9-12-26(23)5)15-28(20)22(17(21)3)18(4)27-10-7-6-8-11-27/h9,12-16,18H,6-8,10-11H2,1-5H3. The van der Waals surface area contributed by atoms with Crippen molar-refractivity contribution in [2.24, 2.45) is 7.05 Å². The highest BCUT2D eigenvalue weighted by atomic mass is 16.5. The number of likely N-dealkylation sites (tertiary alicyclic amines) is 1. The molecule has 0 aromatic carbocycles. The molecule has 6 nitrogen and oxygen atoms in total. The number of rotatable bonds is 5. The van der Waals surface area contributed by atoms with E-state index in [2.05, 4.69) is 33.5 Å². The van der Waals surface area contributed by atoms with Crippen LogP contribution in [0.3, 0.4) is 0 Å². The van der Waals surface area contributed by atoms with E-state index in [1.54, 1.807) is 0 Å². The van der Waals surface area contributed by atoms with Crippen molar-refractivity contribution in [2.45, 2.75) is 59.1 Å². The van der Waals surface area contributed by atoms with Gasteiger partial charge in [-0.3, -0.25) is 4.90 Å². The van der Waals surface area contributed by atoms with Crippen molar-refractivity contribution in [2.75, 3.05) is 13.1 Å². The van der Waals surface area contributed by atoms with Crippen LogP contribution in [0.25, 0.3) is 16.9 Å². The Morgan fingerprint density at radius 2 is 1.87 bits per heavy atom. The van der Waals surface area contributed by atoms with E-state index in [0.29, 0.717) is 5.56 Å².